The summed E-state index contributed by atoms with van der Waals surface area (Å²) < 4.78 is 0. The zero-order chi connectivity index (χ0) is 15.2. The van der Waals surface area contributed by atoms with Crippen LogP contribution in [0.25, 0.3) is 6.08 Å². The van der Waals surface area contributed by atoms with E-state index < -0.39 is 5.97 Å². The number of hydrogen-bond donors (Lipinski definition) is 1. The third-order valence-electron chi connectivity index (χ3n) is 3.82. The van der Waals surface area contributed by atoms with Gasteiger partial charge in [-0.25, -0.2) is 4.79 Å². The molecule has 1 aromatic carbocycles. The minimum atomic E-state index is -0.973. The van der Waals surface area contributed by atoms with E-state index in [1.54, 1.807) is 18.2 Å². The molecule has 1 aliphatic heterocycles. The van der Waals surface area contributed by atoms with Crippen molar-refractivity contribution < 1.29 is 14.7 Å². The summed E-state index contributed by atoms with van der Waals surface area (Å²) in [6, 6.07) is 5.43. The summed E-state index contributed by atoms with van der Waals surface area (Å²) in [5, 5.41) is 8.66. The third-order valence-corrected chi connectivity index (χ3v) is 3.82. The molecule has 21 heavy (non-hydrogen) atoms. The maximum Gasteiger partial charge on any atom is 0.328 e. The van der Waals surface area contributed by atoms with Crippen LogP contribution in [0.2, 0.25) is 0 Å². The van der Waals surface area contributed by atoms with Gasteiger partial charge in [-0.3, -0.25) is 4.79 Å². The Morgan fingerprint density at radius 3 is 2.38 bits per heavy atom. The molecule has 0 bridgehead atoms. The van der Waals surface area contributed by atoms with Crippen LogP contribution in [0.5, 0.6) is 0 Å². The maximum absolute atomic E-state index is 12.5. The smallest absolute Gasteiger partial charge is 0.328 e. The number of amides is 1. The fraction of sp³-hybridized carbons (Fsp3) is 0.412. The van der Waals surface area contributed by atoms with Gasteiger partial charge in [-0.15, -0.1) is 0 Å². The first kappa shape index (κ1) is 15.3. The van der Waals surface area contributed by atoms with Crippen molar-refractivity contribution in [2.75, 3.05) is 13.1 Å². The van der Waals surface area contributed by atoms with E-state index in [0.29, 0.717) is 5.56 Å². The van der Waals surface area contributed by atoms with E-state index in [4.69, 9.17) is 5.11 Å². The van der Waals surface area contributed by atoms with Crippen LogP contribution in [-0.4, -0.2) is 35.0 Å². The maximum atomic E-state index is 12.5. The highest BCUT2D eigenvalue weighted by Crippen LogP contribution is 2.17. The van der Waals surface area contributed by atoms with Gasteiger partial charge in [0.15, 0.2) is 0 Å². The van der Waals surface area contributed by atoms with E-state index in [1.165, 1.54) is 12.8 Å². The molecule has 1 aromatic rings. The summed E-state index contributed by atoms with van der Waals surface area (Å²) in [5.41, 5.74) is 2.42. The van der Waals surface area contributed by atoms with Crippen molar-refractivity contribution in [2.24, 2.45) is 0 Å². The van der Waals surface area contributed by atoms with Gasteiger partial charge in [-0.05, 0) is 49.1 Å². The number of aryl methyl sites for hydroxylation is 1. The first-order valence-electron chi connectivity index (χ1n) is 7.39. The molecule has 1 heterocycles. The van der Waals surface area contributed by atoms with Crippen molar-refractivity contribution in [1.82, 2.24) is 4.90 Å². The zero-order valence-electron chi connectivity index (χ0n) is 12.3. The Morgan fingerprint density at radius 1 is 1.14 bits per heavy atom. The Labute approximate surface area is 125 Å². The third kappa shape index (κ3) is 4.18. The predicted molar refractivity (Wildman–Crippen MR) is 82.2 cm³/mol. The highest BCUT2D eigenvalue weighted by Gasteiger charge is 2.17. The lowest BCUT2D eigenvalue weighted by Crippen LogP contribution is -2.31. The number of carbonyl (C=O) groups is 2. The summed E-state index contributed by atoms with van der Waals surface area (Å²) >= 11 is 0. The second kappa shape index (κ2) is 7.07. The largest absolute Gasteiger partial charge is 0.478 e. The fourth-order valence-corrected chi connectivity index (χ4v) is 2.61. The molecule has 0 aliphatic carbocycles. The molecule has 4 nitrogen and oxygen atoms in total. The summed E-state index contributed by atoms with van der Waals surface area (Å²) in [6.45, 7) is 3.55. The van der Waals surface area contributed by atoms with Crippen molar-refractivity contribution in [3.63, 3.8) is 0 Å². The summed E-state index contributed by atoms with van der Waals surface area (Å²) in [4.78, 5) is 25.0. The molecule has 0 unspecified atom stereocenters. The molecule has 0 aromatic heterocycles. The summed E-state index contributed by atoms with van der Waals surface area (Å²) in [7, 11) is 0. The molecule has 1 aliphatic rings. The highest BCUT2D eigenvalue weighted by molar-refractivity contribution is 5.95. The molecule has 2 rings (SSSR count). The molecule has 1 amide bonds. The van der Waals surface area contributed by atoms with E-state index in [2.05, 4.69) is 0 Å². The molecule has 0 spiro atoms. The molecule has 112 valence electrons. The summed E-state index contributed by atoms with van der Waals surface area (Å²) in [5.74, 6) is -0.895. The van der Waals surface area contributed by atoms with E-state index in [0.717, 1.165) is 43.1 Å². The van der Waals surface area contributed by atoms with Gasteiger partial charge in [-0.1, -0.05) is 18.9 Å². The number of carboxylic acid groups (broad SMARTS) is 1. The number of aliphatic carboxylic acids is 1. The number of rotatable bonds is 3. The SMILES string of the molecule is Cc1cc(C(=O)N2CCCCCC2)ccc1/C=C/C(=O)O. The minimum absolute atomic E-state index is 0.0776. The molecule has 1 saturated heterocycles. The van der Waals surface area contributed by atoms with Crippen LogP contribution < -0.4 is 0 Å². The molecular weight excluding hydrogens is 266 g/mol. The molecule has 1 N–H and O–H groups in total. The Balaban J connectivity index is 2.15. The van der Waals surface area contributed by atoms with Gasteiger partial charge in [0.1, 0.15) is 0 Å². The van der Waals surface area contributed by atoms with Crippen LogP contribution in [0, 0.1) is 6.92 Å². The molecule has 0 atom stereocenters. The van der Waals surface area contributed by atoms with E-state index in [1.807, 2.05) is 17.9 Å². The van der Waals surface area contributed by atoms with Gasteiger partial charge in [0.2, 0.25) is 0 Å². The van der Waals surface area contributed by atoms with Crippen LogP contribution in [0.1, 0.15) is 47.2 Å². The van der Waals surface area contributed by atoms with Crippen molar-refractivity contribution >= 4 is 18.0 Å². The van der Waals surface area contributed by atoms with E-state index in [9.17, 15) is 9.59 Å². The Morgan fingerprint density at radius 2 is 1.81 bits per heavy atom. The number of nitrogens with zero attached hydrogens (tertiary/aromatic N) is 1. The highest BCUT2D eigenvalue weighted by atomic mass is 16.4. The Kier molecular flexibility index (Phi) is 5.14. The van der Waals surface area contributed by atoms with Crippen LogP contribution in [0.3, 0.4) is 0 Å². The monoisotopic (exact) mass is 287 g/mol. The second-order valence-corrected chi connectivity index (χ2v) is 5.45. The predicted octanol–water partition coefficient (Wildman–Crippen LogP) is 3.11. The topological polar surface area (TPSA) is 57.6 Å². The standard InChI is InChI=1S/C17H21NO3/c1-13-12-15(7-6-14(13)8-9-16(19)20)17(21)18-10-4-2-3-5-11-18/h6-9,12H,2-5,10-11H2,1H3,(H,19,20)/b9-8+. The zero-order valence-corrected chi connectivity index (χ0v) is 12.3. The van der Waals surface area contributed by atoms with Gasteiger partial charge in [0.25, 0.3) is 5.91 Å². The quantitative estimate of drug-likeness (QED) is 0.869. The lowest BCUT2D eigenvalue weighted by atomic mass is 10.0. The average Bonchev–Trinajstić information content (AvgIpc) is 2.74. The molecular formula is C17H21NO3. The van der Waals surface area contributed by atoms with Gasteiger partial charge in [0.05, 0.1) is 0 Å². The lowest BCUT2D eigenvalue weighted by molar-refractivity contribution is -0.131. The first-order valence-corrected chi connectivity index (χ1v) is 7.39. The first-order chi connectivity index (χ1) is 10.1. The van der Waals surface area contributed by atoms with E-state index in [-0.39, 0.29) is 5.91 Å². The second-order valence-electron chi connectivity index (χ2n) is 5.45. The average molecular weight is 287 g/mol. The van der Waals surface area contributed by atoms with Crippen molar-refractivity contribution in [1.29, 1.82) is 0 Å². The minimum Gasteiger partial charge on any atom is -0.478 e. The summed E-state index contributed by atoms with van der Waals surface area (Å²) in [6.07, 6.45) is 7.20. The lowest BCUT2D eigenvalue weighted by Gasteiger charge is -2.20. The van der Waals surface area contributed by atoms with Gasteiger partial charge >= 0.3 is 5.97 Å². The Bertz CT molecular complexity index is 555. The van der Waals surface area contributed by atoms with Gasteiger partial charge < -0.3 is 10.0 Å². The molecule has 0 saturated carbocycles. The molecule has 0 radical (unpaired) electrons. The molecule has 4 heteroatoms. The number of carbonyl (C=O) groups excluding carboxylic acids is 1. The Hall–Kier alpha value is -2.10. The van der Waals surface area contributed by atoms with Crippen molar-refractivity contribution in [3.05, 3.63) is 41.0 Å². The van der Waals surface area contributed by atoms with Crippen LogP contribution in [0.4, 0.5) is 0 Å². The van der Waals surface area contributed by atoms with Gasteiger partial charge in [-0.2, -0.15) is 0 Å². The van der Waals surface area contributed by atoms with Crippen LogP contribution in [0.15, 0.2) is 24.3 Å². The number of hydrogen-bond acceptors (Lipinski definition) is 2. The number of carboxylic acids is 1. The van der Waals surface area contributed by atoms with Crippen LogP contribution in [-0.2, 0) is 4.79 Å². The van der Waals surface area contributed by atoms with Gasteiger partial charge in [0, 0.05) is 24.7 Å². The van der Waals surface area contributed by atoms with E-state index >= 15 is 0 Å². The number of likely N-dealkylation sites (tertiary alicyclic amines) is 1. The van der Waals surface area contributed by atoms with Crippen molar-refractivity contribution in [2.45, 2.75) is 32.6 Å². The van der Waals surface area contributed by atoms with Crippen molar-refractivity contribution in [3.8, 4) is 0 Å². The molecule has 1 fully saturated rings. The van der Waals surface area contributed by atoms with Crippen LogP contribution >= 0.6 is 0 Å². The number of benzene rings is 1. The normalized spacial score (nSPS) is 16.0. The fourth-order valence-electron chi connectivity index (χ4n) is 2.61.